The number of carbonyl (C=O) groups excluding carboxylic acids is 1. The van der Waals surface area contributed by atoms with E-state index < -0.39 is 0 Å². The van der Waals surface area contributed by atoms with Crippen LogP contribution in [0.25, 0.3) is 5.57 Å². The van der Waals surface area contributed by atoms with Crippen molar-refractivity contribution in [3.63, 3.8) is 0 Å². The summed E-state index contributed by atoms with van der Waals surface area (Å²) in [5, 5.41) is 3.02. The smallest absolute Gasteiger partial charge is 0.251 e. The normalized spacial score (nSPS) is 16.5. The minimum Gasteiger partial charge on any atom is -0.350 e. The highest BCUT2D eigenvalue weighted by atomic mass is 16.2. The van der Waals surface area contributed by atoms with Crippen LogP contribution >= 0.6 is 0 Å². The van der Waals surface area contributed by atoms with Crippen molar-refractivity contribution in [2.75, 3.05) is 0 Å². The average Bonchev–Trinajstić information content (AvgIpc) is 3.23. The molecule has 2 heterocycles. The predicted octanol–water partition coefficient (Wildman–Crippen LogP) is 5.56. The van der Waals surface area contributed by atoms with Gasteiger partial charge < -0.3 is 10.3 Å². The van der Waals surface area contributed by atoms with Crippen LogP contribution in [0.5, 0.6) is 0 Å². The monoisotopic (exact) mass is 454 g/mol. The van der Waals surface area contributed by atoms with Gasteiger partial charge in [0, 0.05) is 29.3 Å². The van der Waals surface area contributed by atoms with Crippen LogP contribution in [0.1, 0.15) is 68.0 Å². The van der Waals surface area contributed by atoms with Crippen molar-refractivity contribution in [3.8, 4) is 0 Å². The number of benzene rings is 2. The molecule has 2 aromatic carbocycles. The predicted molar refractivity (Wildman–Crippen MR) is 139 cm³/mol. The molecule has 4 rings (SSSR count). The Bertz CT molecular complexity index is 1220. The van der Waals surface area contributed by atoms with E-state index in [9.17, 15) is 9.59 Å². The third kappa shape index (κ3) is 5.93. The Morgan fingerprint density at radius 1 is 0.941 bits per heavy atom. The standard InChI is InChI=1S/C30H34N2O2/c1-30(2,3)24-15-12-22(13-16-24)26(20-25-17-19-28(33)31-25)27-18-14-23(29(34)32-27)11-7-10-21-8-5-4-6-9-21/h4-6,8-9,12-16,18,20,25H,7,10-11,17,19H2,1-3H3,(H,31,33)(H,32,34)/b26-20-/t25-/m1/s1. The summed E-state index contributed by atoms with van der Waals surface area (Å²) in [4.78, 5) is 27.8. The van der Waals surface area contributed by atoms with E-state index in [0.717, 1.165) is 48.1 Å². The molecule has 3 aromatic rings. The van der Waals surface area contributed by atoms with E-state index in [2.05, 4.69) is 73.5 Å². The van der Waals surface area contributed by atoms with Gasteiger partial charge in [0.15, 0.2) is 0 Å². The Hall–Kier alpha value is -3.40. The van der Waals surface area contributed by atoms with E-state index in [1.54, 1.807) is 0 Å². The lowest BCUT2D eigenvalue weighted by Crippen LogP contribution is -2.24. The van der Waals surface area contributed by atoms with Gasteiger partial charge in [0.05, 0.1) is 0 Å². The topological polar surface area (TPSA) is 62.0 Å². The van der Waals surface area contributed by atoms with Gasteiger partial charge in [0.1, 0.15) is 0 Å². The Balaban J connectivity index is 1.58. The van der Waals surface area contributed by atoms with Crippen LogP contribution in [0.2, 0.25) is 0 Å². The number of rotatable bonds is 7. The lowest BCUT2D eigenvalue weighted by atomic mass is 9.86. The molecule has 2 N–H and O–H groups in total. The van der Waals surface area contributed by atoms with Crippen LogP contribution in [-0.4, -0.2) is 16.9 Å². The highest BCUT2D eigenvalue weighted by Crippen LogP contribution is 2.28. The summed E-state index contributed by atoms with van der Waals surface area (Å²) in [7, 11) is 0. The van der Waals surface area contributed by atoms with Crippen molar-refractivity contribution >= 4 is 11.5 Å². The van der Waals surface area contributed by atoms with Crippen LogP contribution in [0.4, 0.5) is 0 Å². The number of aromatic amines is 1. The van der Waals surface area contributed by atoms with Crippen LogP contribution in [0.3, 0.4) is 0 Å². The number of aromatic nitrogens is 1. The van der Waals surface area contributed by atoms with E-state index in [-0.39, 0.29) is 22.9 Å². The molecule has 1 aliphatic heterocycles. The molecule has 1 saturated heterocycles. The quantitative estimate of drug-likeness (QED) is 0.491. The summed E-state index contributed by atoms with van der Waals surface area (Å²) in [6.07, 6.45) is 6.00. The van der Waals surface area contributed by atoms with Crippen LogP contribution in [-0.2, 0) is 23.1 Å². The van der Waals surface area contributed by atoms with Gasteiger partial charge in [-0.2, -0.15) is 0 Å². The molecule has 0 saturated carbocycles. The summed E-state index contributed by atoms with van der Waals surface area (Å²) < 4.78 is 0. The first kappa shape index (κ1) is 23.7. The molecule has 0 aliphatic carbocycles. The number of pyridine rings is 1. The first-order chi connectivity index (χ1) is 16.3. The fourth-order valence-corrected chi connectivity index (χ4v) is 4.44. The Kier molecular flexibility index (Phi) is 7.16. The maximum absolute atomic E-state index is 12.9. The molecule has 1 atom stereocenters. The van der Waals surface area contributed by atoms with E-state index in [1.807, 2.05) is 30.3 Å². The molecule has 1 aromatic heterocycles. The molecular formula is C30H34N2O2. The second kappa shape index (κ2) is 10.3. The van der Waals surface area contributed by atoms with Crippen molar-refractivity contribution in [1.29, 1.82) is 0 Å². The van der Waals surface area contributed by atoms with Gasteiger partial charge in [-0.25, -0.2) is 0 Å². The van der Waals surface area contributed by atoms with Crippen molar-refractivity contribution in [1.82, 2.24) is 10.3 Å². The van der Waals surface area contributed by atoms with Crippen LogP contribution < -0.4 is 10.9 Å². The van der Waals surface area contributed by atoms with E-state index in [0.29, 0.717) is 6.42 Å². The van der Waals surface area contributed by atoms with E-state index in [4.69, 9.17) is 0 Å². The Morgan fingerprint density at radius 2 is 1.68 bits per heavy atom. The third-order valence-corrected chi connectivity index (χ3v) is 6.49. The van der Waals surface area contributed by atoms with Gasteiger partial charge in [-0.3, -0.25) is 9.59 Å². The number of hydrogen-bond acceptors (Lipinski definition) is 2. The number of H-pyrrole nitrogens is 1. The lowest BCUT2D eigenvalue weighted by molar-refractivity contribution is -0.119. The molecule has 1 aliphatic rings. The van der Waals surface area contributed by atoms with Gasteiger partial charge in [-0.05, 0) is 53.9 Å². The molecule has 34 heavy (non-hydrogen) atoms. The lowest BCUT2D eigenvalue weighted by Gasteiger charge is -2.20. The van der Waals surface area contributed by atoms with Gasteiger partial charge in [-0.15, -0.1) is 0 Å². The van der Waals surface area contributed by atoms with Crippen LogP contribution in [0.15, 0.2) is 77.6 Å². The summed E-state index contributed by atoms with van der Waals surface area (Å²) >= 11 is 0. The third-order valence-electron chi connectivity index (χ3n) is 6.49. The summed E-state index contributed by atoms with van der Waals surface area (Å²) in [6, 6.07) is 22.8. The van der Waals surface area contributed by atoms with Gasteiger partial charge in [0.2, 0.25) is 5.91 Å². The highest BCUT2D eigenvalue weighted by molar-refractivity contribution is 5.82. The Labute approximate surface area is 202 Å². The molecule has 0 unspecified atom stereocenters. The van der Waals surface area contributed by atoms with E-state index >= 15 is 0 Å². The fourth-order valence-electron chi connectivity index (χ4n) is 4.44. The minimum atomic E-state index is -0.0433. The number of nitrogens with one attached hydrogen (secondary N) is 2. The molecule has 1 fully saturated rings. The van der Waals surface area contributed by atoms with Gasteiger partial charge in [0.25, 0.3) is 5.56 Å². The second-order valence-electron chi connectivity index (χ2n) is 10.2. The molecule has 0 spiro atoms. The number of aryl methyl sites for hydroxylation is 2. The summed E-state index contributed by atoms with van der Waals surface area (Å²) in [5.41, 5.74) is 6.13. The minimum absolute atomic E-state index is 0.0288. The SMILES string of the molecule is CC(C)(C)c1ccc(/C(=C/[C@H]2CCC(=O)N2)c2ccc(CCCc3ccccc3)c(=O)[nH]2)cc1. The fraction of sp³-hybridized carbons (Fsp3) is 0.333. The summed E-state index contributed by atoms with van der Waals surface area (Å²) in [5.74, 6) is 0.0749. The number of amides is 1. The maximum atomic E-state index is 12.9. The largest absolute Gasteiger partial charge is 0.350 e. The highest BCUT2D eigenvalue weighted by Gasteiger charge is 2.21. The summed E-state index contributed by atoms with van der Waals surface area (Å²) in [6.45, 7) is 6.59. The average molecular weight is 455 g/mol. The number of carbonyl (C=O) groups is 1. The van der Waals surface area contributed by atoms with Crippen molar-refractivity contribution in [2.24, 2.45) is 0 Å². The second-order valence-corrected chi connectivity index (χ2v) is 10.2. The zero-order valence-electron chi connectivity index (χ0n) is 20.4. The van der Waals surface area contributed by atoms with Crippen molar-refractivity contribution in [3.05, 3.63) is 111 Å². The molecule has 4 nitrogen and oxygen atoms in total. The molecule has 1 amide bonds. The molecule has 0 radical (unpaired) electrons. The maximum Gasteiger partial charge on any atom is 0.251 e. The van der Waals surface area contributed by atoms with Crippen LogP contribution in [0, 0.1) is 0 Å². The first-order valence-corrected chi connectivity index (χ1v) is 12.2. The van der Waals surface area contributed by atoms with Crippen molar-refractivity contribution in [2.45, 2.75) is 64.3 Å². The molecular weight excluding hydrogens is 420 g/mol. The molecule has 176 valence electrons. The zero-order chi connectivity index (χ0) is 24.1. The van der Waals surface area contributed by atoms with Gasteiger partial charge >= 0.3 is 0 Å². The molecule has 4 heteroatoms. The molecule has 0 bridgehead atoms. The zero-order valence-corrected chi connectivity index (χ0v) is 20.4. The van der Waals surface area contributed by atoms with E-state index in [1.165, 1.54) is 11.1 Å². The van der Waals surface area contributed by atoms with Gasteiger partial charge in [-0.1, -0.05) is 87.5 Å². The first-order valence-electron chi connectivity index (χ1n) is 12.2. The Morgan fingerprint density at radius 3 is 2.29 bits per heavy atom. The van der Waals surface area contributed by atoms with Crippen molar-refractivity contribution < 1.29 is 4.79 Å². The number of hydrogen-bond donors (Lipinski definition) is 2.